The van der Waals surface area contributed by atoms with E-state index >= 15 is 0 Å². The molecule has 2 aliphatic heterocycles. The van der Waals surface area contributed by atoms with Crippen LogP contribution in [0.4, 0.5) is 4.79 Å². The van der Waals surface area contributed by atoms with Crippen molar-refractivity contribution in [3.63, 3.8) is 0 Å². The van der Waals surface area contributed by atoms with Crippen molar-refractivity contribution in [2.24, 2.45) is 0 Å². The van der Waals surface area contributed by atoms with Crippen LogP contribution in [-0.2, 0) is 17.9 Å². The van der Waals surface area contributed by atoms with Gasteiger partial charge in [-0.25, -0.2) is 9.78 Å². The highest BCUT2D eigenvalue weighted by Gasteiger charge is 2.56. The van der Waals surface area contributed by atoms with E-state index in [2.05, 4.69) is 20.5 Å². The molecule has 3 aromatic rings. The van der Waals surface area contributed by atoms with E-state index in [0.29, 0.717) is 12.8 Å². The number of likely N-dealkylation sites (tertiary alicyclic amines) is 1. The number of ether oxygens (including phenoxy) is 1. The number of piperidine rings is 1. The summed E-state index contributed by atoms with van der Waals surface area (Å²) in [5.74, 6) is 1.55. The Labute approximate surface area is 199 Å². The lowest BCUT2D eigenvalue weighted by atomic mass is 9.86. The number of carbonyl (C=O) groups excluding carboxylic acids is 2. The van der Waals surface area contributed by atoms with E-state index in [9.17, 15) is 9.59 Å². The summed E-state index contributed by atoms with van der Waals surface area (Å²) in [6, 6.07) is 17.3. The number of likely N-dealkylation sites (N-methyl/N-ethyl adjacent to an activating group) is 1. The van der Waals surface area contributed by atoms with Gasteiger partial charge in [-0.05, 0) is 54.8 Å². The summed E-state index contributed by atoms with van der Waals surface area (Å²) in [4.78, 5) is 36.4. The quantitative estimate of drug-likeness (QED) is 0.529. The normalized spacial score (nSPS) is 18.2. The first kappa shape index (κ1) is 22.2. The molecule has 2 aliphatic rings. The van der Waals surface area contributed by atoms with Gasteiger partial charge in [-0.1, -0.05) is 18.2 Å². The van der Waals surface area contributed by atoms with Crippen molar-refractivity contribution in [2.45, 2.75) is 31.5 Å². The van der Waals surface area contributed by atoms with Gasteiger partial charge in [-0.15, -0.1) is 0 Å². The minimum absolute atomic E-state index is 0.0904. The van der Waals surface area contributed by atoms with E-state index in [0.717, 1.165) is 42.5 Å². The van der Waals surface area contributed by atoms with Crippen molar-refractivity contribution in [3.8, 4) is 11.6 Å². The second-order valence-electron chi connectivity index (χ2n) is 8.95. The molecule has 2 fully saturated rings. The molecule has 0 radical (unpaired) electrons. The number of amides is 3. The fourth-order valence-electron chi connectivity index (χ4n) is 5.02. The molecule has 2 aromatic heterocycles. The average Bonchev–Trinajstić information content (AvgIpc) is 3.41. The molecule has 0 bridgehead atoms. The lowest BCUT2D eigenvalue weighted by Gasteiger charge is -2.40. The van der Waals surface area contributed by atoms with E-state index in [1.54, 1.807) is 25.3 Å². The monoisotopic (exact) mass is 459 g/mol. The Morgan fingerprint density at radius 1 is 0.971 bits per heavy atom. The van der Waals surface area contributed by atoms with Crippen LogP contribution in [0.2, 0.25) is 0 Å². The Bertz CT molecular complexity index is 1170. The van der Waals surface area contributed by atoms with Gasteiger partial charge >= 0.3 is 6.03 Å². The minimum Gasteiger partial charge on any atom is -0.497 e. The minimum atomic E-state index is -0.761. The average molecular weight is 460 g/mol. The fraction of sp³-hybridized carbons (Fsp3) is 0.346. The predicted molar refractivity (Wildman–Crippen MR) is 128 cm³/mol. The number of urea groups is 1. The number of imide groups is 1. The summed E-state index contributed by atoms with van der Waals surface area (Å²) in [5.41, 5.74) is 1.29. The molecule has 176 valence electrons. The Balaban J connectivity index is 1.26. The van der Waals surface area contributed by atoms with Gasteiger partial charge < -0.3 is 14.2 Å². The molecule has 0 unspecified atom stereocenters. The number of hydrogen-bond acceptors (Lipinski definition) is 5. The zero-order valence-electron chi connectivity index (χ0n) is 19.6. The molecule has 0 saturated carbocycles. The molecule has 0 aliphatic carbocycles. The van der Waals surface area contributed by atoms with Crippen molar-refractivity contribution in [1.29, 1.82) is 0 Å². The van der Waals surface area contributed by atoms with Crippen LogP contribution in [0.5, 0.6) is 5.75 Å². The molecule has 34 heavy (non-hydrogen) atoms. The van der Waals surface area contributed by atoms with E-state index in [-0.39, 0.29) is 18.5 Å². The first-order valence-corrected chi connectivity index (χ1v) is 11.5. The van der Waals surface area contributed by atoms with E-state index in [4.69, 9.17) is 4.74 Å². The molecular formula is C26H29N5O3. The van der Waals surface area contributed by atoms with Crippen molar-refractivity contribution < 1.29 is 14.3 Å². The van der Waals surface area contributed by atoms with Gasteiger partial charge in [0, 0.05) is 44.8 Å². The van der Waals surface area contributed by atoms with Crippen LogP contribution in [-0.4, -0.2) is 69.0 Å². The second-order valence-corrected chi connectivity index (χ2v) is 8.95. The van der Waals surface area contributed by atoms with Crippen LogP contribution in [0.1, 0.15) is 24.1 Å². The molecule has 8 nitrogen and oxygen atoms in total. The number of pyridine rings is 1. The zero-order chi connectivity index (χ0) is 23.7. The molecule has 4 heterocycles. The summed E-state index contributed by atoms with van der Waals surface area (Å²) in [6.45, 7) is 2.52. The number of rotatable bonds is 6. The molecule has 5 rings (SSSR count). The lowest BCUT2D eigenvalue weighted by molar-refractivity contribution is -0.135. The van der Waals surface area contributed by atoms with Crippen LogP contribution in [0, 0.1) is 0 Å². The third kappa shape index (κ3) is 3.84. The maximum absolute atomic E-state index is 13.5. The molecule has 1 spiro atoms. The van der Waals surface area contributed by atoms with E-state index in [1.165, 1.54) is 4.90 Å². The highest BCUT2D eigenvalue weighted by molar-refractivity contribution is 6.06. The first-order valence-electron chi connectivity index (χ1n) is 11.5. The summed E-state index contributed by atoms with van der Waals surface area (Å²) in [5, 5.41) is 0. The van der Waals surface area contributed by atoms with Crippen molar-refractivity contribution in [3.05, 3.63) is 78.2 Å². The Morgan fingerprint density at radius 2 is 1.74 bits per heavy atom. The third-order valence-corrected chi connectivity index (χ3v) is 7.10. The molecule has 0 N–H and O–H groups in total. The Morgan fingerprint density at radius 3 is 2.41 bits per heavy atom. The van der Waals surface area contributed by atoms with Gasteiger partial charge in [0.15, 0.2) is 0 Å². The summed E-state index contributed by atoms with van der Waals surface area (Å²) >= 11 is 0. The van der Waals surface area contributed by atoms with Crippen LogP contribution in [0.15, 0.2) is 67.0 Å². The summed E-state index contributed by atoms with van der Waals surface area (Å²) in [6.07, 6.45) is 5.06. The molecular weight excluding hydrogens is 430 g/mol. The fourth-order valence-corrected chi connectivity index (χ4v) is 5.02. The van der Waals surface area contributed by atoms with Crippen molar-refractivity contribution >= 4 is 11.9 Å². The topological polar surface area (TPSA) is 70.9 Å². The third-order valence-electron chi connectivity index (χ3n) is 7.10. The number of methoxy groups -OCH3 is 1. The zero-order valence-corrected chi connectivity index (χ0v) is 19.6. The van der Waals surface area contributed by atoms with Gasteiger partial charge in [0.25, 0.3) is 5.91 Å². The number of nitrogens with zero attached hydrogens (tertiary/aromatic N) is 5. The maximum Gasteiger partial charge on any atom is 0.327 e. The van der Waals surface area contributed by atoms with Gasteiger partial charge in [0.1, 0.15) is 17.1 Å². The molecule has 8 heteroatoms. The van der Waals surface area contributed by atoms with Gasteiger partial charge in [0.2, 0.25) is 0 Å². The van der Waals surface area contributed by atoms with E-state index < -0.39 is 5.54 Å². The van der Waals surface area contributed by atoms with Crippen molar-refractivity contribution in [1.82, 2.24) is 24.3 Å². The van der Waals surface area contributed by atoms with Crippen LogP contribution >= 0.6 is 0 Å². The second kappa shape index (κ2) is 8.95. The number of carbonyl (C=O) groups is 2. The lowest BCUT2D eigenvalue weighted by Crippen LogP contribution is -2.55. The molecule has 3 amide bonds. The first-order chi connectivity index (χ1) is 16.5. The number of aromatic nitrogens is 2. The van der Waals surface area contributed by atoms with E-state index in [1.807, 2.05) is 54.7 Å². The summed E-state index contributed by atoms with van der Waals surface area (Å²) < 4.78 is 7.30. The number of hydrogen-bond donors (Lipinski definition) is 0. The Kier molecular flexibility index (Phi) is 5.83. The molecule has 1 aromatic carbocycles. The van der Waals surface area contributed by atoms with Crippen LogP contribution < -0.4 is 4.74 Å². The van der Waals surface area contributed by atoms with Gasteiger partial charge in [0.05, 0.1) is 13.7 Å². The van der Waals surface area contributed by atoms with Gasteiger partial charge in [-0.2, -0.15) is 0 Å². The molecule has 2 saturated heterocycles. The summed E-state index contributed by atoms with van der Waals surface area (Å²) in [7, 11) is 3.37. The Hall–Kier alpha value is -3.65. The SMILES string of the molecule is COc1ccc(CN2C(=O)N(C)C3(CCN(Cc4cccn4-c4ccccn4)CC3)C2=O)cc1. The largest absolute Gasteiger partial charge is 0.497 e. The molecule has 0 atom stereocenters. The number of benzene rings is 1. The predicted octanol–water partition coefficient (Wildman–Crippen LogP) is 3.31. The van der Waals surface area contributed by atoms with Crippen molar-refractivity contribution in [2.75, 3.05) is 27.2 Å². The van der Waals surface area contributed by atoms with Crippen LogP contribution in [0.3, 0.4) is 0 Å². The van der Waals surface area contributed by atoms with Gasteiger partial charge in [-0.3, -0.25) is 14.6 Å². The highest BCUT2D eigenvalue weighted by Crippen LogP contribution is 2.37. The standard InChI is InChI=1S/C26H29N5O3/c1-28-25(33)31(18-20-8-10-22(34-2)11-9-20)24(32)26(28)12-16-29(17-13-26)19-21-6-5-15-30(21)23-7-3-4-14-27-23/h3-11,14-15H,12-13,16-19H2,1-2H3. The smallest absolute Gasteiger partial charge is 0.327 e. The maximum atomic E-state index is 13.5. The van der Waals surface area contributed by atoms with Crippen LogP contribution in [0.25, 0.3) is 5.82 Å². The highest BCUT2D eigenvalue weighted by atomic mass is 16.5.